The average Bonchev–Trinajstić information content (AvgIpc) is 3.07. The Morgan fingerprint density at radius 1 is 1.11 bits per heavy atom. The van der Waals surface area contributed by atoms with E-state index in [4.69, 9.17) is 13.9 Å². The first-order valence-corrected chi connectivity index (χ1v) is 15.7. The van der Waals surface area contributed by atoms with Crippen LogP contribution in [0.25, 0.3) is 11.0 Å². The number of hydrogen-bond donors (Lipinski definition) is 4. The molecule has 1 aliphatic carbocycles. The van der Waals surface area contributed by atoms with E-state index in [1.54, 1.807) is 42.5 Å². The van der Waals surface area contributed by atoms with Gasteiger partial charge in [-0.3, -0.25) is 9.59 Å². The molecular formula is C34H32FIN2O9. The number of hydrogen-bond acceptors (Lipinski definition) is 9. The standard InChI is InChI=1S/C34H32FIN2O9/c1-45-29-13-19(18-40)12-25(36)31(29)46-28-16-22(32(42)37-10-11-39)15-26(30(28)41)38(17-21-7-2-4-8-24(21)35)33(43)23-14-20-6-3-5-9-27(20)47-34(23)44/h2-9,12-14,16,26,28,30,39-41H,10-11,15,17-18H2,1H3,(H,37,42)/t26-,28+,30+/m1/s1. The Kier molecular flexibility index (Phi) is 10.9. The van der Waals surface area contributed by atoms with Crippen molar-refractivity contribution in [2.24, 2.45) is 0 Å². The summed E-state index contributed by atoms with van der Waals surface area (Å²) in [6, 6.07) is 15.8. The Labute approximate surface area is 282 Å². The summed E-state index contributed by atoms with van der Waals surface area (Å²) >= 11 is 1.99. The predicted octanol–water partition coefficient (Wildman–Crippen LogP) is 3.30. The maximum absolute atomic E-state index is 15.0. The summed E-state index contributed by atoms with van der Waals surface area (Å²) < 4.78 is 32.7. The van der Waals surface area contributed by atoms with Crippen LogP contribution < -0.4 is 20.4 Å². The van der Waals surface area contributed by atoms with E-state index in [2.05, 4.69) is 5.32 Å². The molecule has 0 bridgehead atoms. The van der Waals surface area contributed by atoms with Crippen LogP contribution >= 0.6 is 22.6 Å². The summed E-state index contributed by atoms with van der Waals surface area (Å²) in [4.78, 5) is 41.8. The van der Waals surface area contributed by atoms with Crippen LogP contribution in [0.1, 0.15) is 27.9 Å². The van der Waals surface area contributed by atoms with Gasteiger partial charge in [-0.1, -0.05) is 36.4 Å². The van der Waals surface area contributed by atoms with Crippen LogP contribution in [-0.4, -0.2) is 70.5 Å². The van der Waals surface area contributed by atoms with Crippen LogP contribution in [0.2, 0.25) is 0 Å². The quantitative estimate of drug-likeness (QED) is 0.133. The van der Waals surface area contributed by atoms with Crippen molar-refractivity contribution in [1.29, 1.82) is 0 Å². The number of nitrogens with zero attached hydrogens (tertiary/aromatic N) is 1. The van der Waals surface area contributed by atoms with Crippen LogP contribution in [-0.2, 0) is 17.9 Å². The van der Waals surface area contributed by atoms with Gasteiger partial charge < -0.3 is 39.4 Å². The Balaban J connectivity index is 1.61. The molecule has 246 valence electrons. The summed E-state index contributed by atoms with van der Waals surface area (Å²) in [6.07, 6.45) is -1.52. The second kappa shape index (κ2) is 15.1. The molecule has 0 unspecified atom stereocenters. The average molecular weight is 759 g/mol. The number of aliphatic hydroxyl groups excluding tert-OH is 3. The van der Waals surface area contributed by atoms with Crippen molar-refractivity contribution < 1.29 is 43.2 Å². The number of para-hydroxylation sites is 1. The summed E-state index contributed by atoms with van der Waals surface area (Å²) in [5.41, 5.74) is -0.228. The predicted molar refractivity (Wildman–Crippen MR) is 177 cm³/mol. The number of rotatable bonds is 11. The number of carbonyl (C=O) groups excluding carboxylic acids is 2. The van der Waals surface area contributed by atoms with Crippen LogP contribution in [0.3, 0.4) is 0 Å². The fourth-order valence-corrected chi connectivity index (χ4v) is 6.20. The number of nitrogens with one attached hydrogen (secondary N) is 1. The van der Waals surface area contributed by atoms with Crippen LogP contribution in [0.4, 0.5) is 4.39 Å². The van der Waals surface area contributed by atoms with Gasteiger partial charge in [0.05, 0.1) is 29.9 Å². The number of amides is 2. The van der Waals surface area contributed by atoms with Gasteiger partial charge in [-0.2, -0.15) is 0 Å². The molecule has 0 saturated carbocycles. The second-order valence-corrected chi connectivity index (χ2v) is 12.0. The van der Waals surface area contributed by atoms with Crippen molar-refractivity contribution in [3.63, 3.8) is 0 Å². The fraction of sp³-hybridized carbons (Fsp3) is 0.265. The molecule has 5 rings (SSSR count). The zero-order valence-electron chi connectivity index (χ0n) is 25.2. The van der Waals surface area contributed by atoms with Crippen molar-refractivity contribution >= 4 is 45.4 Å². The van der Waals surface area contributed by atoms with Crippen molar-refractivity contribution in [2.75, 3.05) is 20.3 Å². The molecule has 0 radical (unpaired) electrons. The molecule has 13 heteroatoms. The molecule has 0 saturated heterocycles. The molecule has 0 fully saturated rings. The molecule has 0 spiro atoms. The van der Waals surface area contributed by atoms with Crippen molar-refractivity contribution in [3.8, 4) is 11.5 Å². The topological polar surface area (TPSA) is 159 Å². The Hall–Kier alpha value is -4.31. The monoisotopic (exact) mass is 758 g/mol. The molecule has 1 aromatic heterocycles. The number of methoxy groups -OCH3 is 1. The van der Waals surface area contributed by atoms with E-state index in [0.29, 0.717) is 14.5 Å². The normalized spacial score (nSPS) is 17.6. The van der Waals surface area contributed by atoms with E-state index in [-0.39, 0.29) is 66.5 Å². The van der Waals surface area contributed by atoms with Crippen molar-refractivity contribution in [1.82, 2.24) is 10.2 Å². The number of ether oxygens (including phenoxy) is 2. The molecule has 2 amide bonds. The zero-order valence-corrected chi connectivity index (χ0v) is 27.3. The molecule has 3 aromatic carbocycles. The molecule has 4 N–H and O–H groups in total. The minimum absolute atomic E-state index is 0.0563. The smallest absolute Gasteiger partial charge is 0.349 e. The van der Waals surface area contributed by atoms with E-state index in [1.165, 1.54) is 37.5 Å². The highest BCUT2D eigenvalue weighted by Gasteiger charge is 2.42. The van der Waals surface area contributed by atoms with Crippen LogP contribution in [0.5, 0.6) is 11.5 Å². The minimum Gasteiger partial charge on any atom is -0.493 e. The lowest BCUT2D eigenvalue weighted by molar-refractivity contribution is -0.118. The van der Waals surface area contributed by atoms with Crippen LogP contribution in [0.15, 0.2) is 87.6 Å². The third-order valence-corrected chi connectivity index (χ3v) is 8.57. The maximum atomic E-state index is 15.0. The van der Waals surface area contributed by atoms with E-state index < -0.39 is 41.5 Å². The number of carbonyl (C=O) groups is 2. The van der Waals surface area contributed by atoms with Crippen molar-refractivity contribution in [2.45, 2.75) is 37.8 Å². The molecule has 4 aromatic rings. The first-order valence-electron chi connectivity index (χ1n) is 14.6. The van der Waals surface area contributed by atoms with Gasteiger partial charge in [-0.15, -0.1) is 0 Å². The fourth-order valence-electron chi connectivity index (χ4n) is 5.41. The SMILES string of the molecule is COc1cc(CO)cc(I)c1O[C@H]1C=C(C(=O)NCCO)C[C@@H](N(Cc2ccccc2F)C(=O)c2cc3ccccc3oc2=O)[C@@H]1O. The Bertz CT molecular complexity index is 1880. The van der Waals surface area contributed by atoms with Gasteiger partial charge in [0.2, 0.25) is 5.91 Å². The van der Waals surface area contributed by atoms with Gasteiger partial charge >= 0.3 is 5.63 Å². The zero-order chi connectivity index (χ0) is 33.7. The first-order chi connectivity index (χ1) is 22.6. The largest absolute Gasteiger partial charge is 0.493 e. The molecule has 47 heavy (non-hydrogen) atoms. The molecule has 0 aliphatic heterocycles. The highest BCUT2D eigenvalue weighted by Crippen LogP contribution is 2.37. The van der Waals surface area contributed by atoms with Gasteiger partial charge in [0.25, 0.3) is 5.91 Å². The van der Waals surface area contributed by atoms with Crippen molar-refractivity contribution in [3.05, 3.63) is 115 Å². The molecule has 1 heterocycles. The lowest BCUT2D eigenvalue weighted by atomic mass is 9.87. The highest BCUT2D eigenvalue weighted by atomic mass is 127. The third kappa shape index (κ3) is 7.48. The van der Waals surface area contributed by atoms with E-state index in [1.807, 2.05) is 22.6 Å². The van der Waals surface area contributed by atoms with Gasteiger partial charge in [-0.05, 0) is 64.6 Å². The summed E-state index contributed by atoms with van der Waals surface area (Å²) in [5, 5.41) is 33.9. The summed E-state index contributed by atoms with van der Waals surface area (Å²) in [6.45, 7) is -1.01. The summed E-state index contributed by atoms with van der Waals surface area (Å²) in [7, 11) is 1.41. The second-order valence-electron chi connectivity index (χ2n) is 10.8. The Morgan fingerprint density at radius 3 is 2.57 bits per heavy atom. The van der Waals surface area contributed by atoms with Gasteiger partial charge in [0.1, 0.15) is 29.2 Å². The van der Waals surface area contributed by atoms with Gasteiger partial charge in [0, 0.05) is 36.0 Å². The lowest BCUT2D eigenvalue weighted by Crippen LogP contribution is -2.55. The van der Waals surface area contributed by atoms with E-state index in [0.717, 1.165) is 4.90 Å². The third-order valence-electron chi connectivity index (χ3n) is 7.77. The van der Waals surface area contributed by atoms with E-state index in [9.17, 15) is 29.7 Å². The minimum atomic E-state index is -1.49. The molecule has 3 atom stereocenters. The number of benzene rings is 3. The molecule has 1 aliphatic rings. The van der Waals surface area contributed by atoms with Gasteiger partial charge in [0.15, 0.2) is 11.5 Å². The maximum Gasteiger partial charge on any atom is 0.349 e. The molecular weight excluding hydrogens is 726 g/mol. The number of fused-ring (bicyclic) bond motifs is 1. The highest BCUT2D eigenvalue weighted by molar-refractivity contribution is 14.1. The number of halogens is 2. The summed E-state index contributed by atoms with van der Waals surface area (Å²) in [5.74, 6) is -1.59. The Morgan fingerprint density at radius 2 is 1.85 bits per heavy atom. The van der Waals surface area contributed by atoms with Gasteiger partial charge in [-0.25, -0.2) is 9.18 Å². The molecule has 11 nitrogen and oxygen atoms in total. The number of aliphatic hydroxyl groups is 3. The lowest BCUT2D eigenvalue weighted by Gasteiger charge is -2.40. The van der Waals surface area contributed by atoms with Crippen LogP contribution in [0, 0.1) is 9.39 Å². The van der Waals surface area contributed by atoms with E-state index >= 15 is 4.39 Å². The first kappa shape index (κ1) is 34.0.